The monoisotopic (exact) mass is 186 g/mol. The van der Waals surface area contributed by atoms with Gasteiger partial charge in [-0.3, -0.25) is 4.90 Å². The van der Waals surface area contributed by atoms with E-state index in [1.54, 1.807) is 0 Å². The number of hydrogen-bond donors (Lipinski definition) is 2. The van der Waals surface area contributed by atoms with E-state index >= 15 is 0 Å². The first-order valence-corrected chi connectivity index (χ1v) is 3.47. The van der Waals surface area contributed by atoms with Crippen LogP contribution in [-0.2, 0) is 17.1 Å². The third-order valence-electron chi connectivity index (χ3n) is 1.63. The van der Waals surface area contributed by atoms with Gasteiger partial charge in [-0.15, -0.1) is 0 Å². The predicted molar refractivity (Wildman–Crippen MR) is 36.4 cm³/mol. The van der Waals surface area contributed by atoms with E-state index in [0.29, 0.717) is 6.61 Å². The fourth-order valence-corrected chi connectivity index (χ4v) is 1.08. The van der Waals surface area contributed by atoms with Crippen molar-refractivity contribution >= 4 is 0 Å². The van der Waals surface area contributed by atoms with E-state index in [1.165, 1.54) is 0 Å². The van der Waals surface area contributed by atoms with Gasteiger partial charge in [0.2, 0.25) is 0 Å². The van der Waals surface area contributed by atoms with Gasteiger partial charge in [-0.05, 0) is 0 Å². The fraction of sp³-hybridized carbons (Fsp3) is 1.00. The summed E-state index contributed by atoms with van der Waals surface area (Å²) < 4.78 is 0. The quantitative estimate of drug-likeness (QED) is 0.536. The van der Waals surface area contributed by atoms with Crippen LogP contribution in [0.2, 0.25) is 0 Å². The van der Waals surface area contributed by atoms with Crippen molar-refractivity contribution in [3.05, 3.63) is 0 Å². The summed E-state index contributed by atoms with van der Waals surface area (Å²) in [5.74, 6) is 0. The molecule has 0 amide bonds. The fourth-order valence-electron chi connectivity index (χ4n) is 1.08. The summed E-state index contributed by atoms with van der Waals surface area (Å²) in [6, 6.07) is 0. The molecule has 2 N–H and O–H groups in total. The zero-order chi connectivity index (χ0) is 6.53. The SMILES string of the molecule is OCCN1CCNCC1.[Fe]. The van der Waals surface area contributed by atoms with Crippen molar-refractivity contribution in [1.29, 1.82) is 0 Å². The number of aliphatic hydroxyl groups excluding tert-OH is 1. The molecule has 0 radical (unpaired) electrons. The normalized spacial score (nSPS) is 20.1. The Labute approximate surface area is 72.3 Å². The molecule has 0 aromatic heterocycles. The molecule has 10 heavy (non-hydrogen) atoms. The number of rotatable bonds is 2. The van der Waals surface area contributed by atoms with Gasteiger partial charge in [-0.2, -0.15) is 0 Å². The summed E-state index contributed by atoms with van der Waals surface area (Å²) in [5.41, 5.74) is 0. The van der Waals surface area contributed by atoms with Crippen LogP contribution in [0, 0.1) is 0 Å². The standard InChI is InChI=1S/C6H14N2O.Fe/c9-6-5-8-3-1-7-2-4-8;/h7,9H,1-6H2;. The van der Waals surface area contributed by atoms with Gasteiger partial charge < -0.3 is 10.4 Å². The summed E-state index contributed by atoms with van der Waals surface area (Å²) in [5, 5.41) is 11.8. The smallest absolute Gasteiger partial charge is 0.0558 e. The Bertz CT molecular complexity index is 73.4. The Hall–Kier alpha value is 0.399. The van der Waals surface area contributed by atoms with Crippen LogP contribution in [0.5, 0.6) is 0 Å². The molecule has 1 saturated heterocycles. The third-order valence-corrected chi connectivity index (χ3v) is 1.63. The van der Waals surface area contributed by atoms with Crippen molar-refractivity contribution in [1.82, 2.24) is 10.2 Å². The minimum absolute atomic E-state index is 0. The van der Waals surface area contributed by atoms with Crippen molar-refractivity contribution in [3.8, 4) is 0 Å². The van der Waals surface area contributed by atoms with Crippen molar-refractivity contribution in [2.45, 2.75) is 0 Å². The molecule has 0 aromatic carbocycles. The van der Waals surface area contributed by atoms with E-state index in [2.05, 4.69) is 10.2 Å². The molecular formula is C6H14FeN2O. The molecule has 1 aliphatic heterocycles. The van der Waals surface area contributed by atoms with Gasteiger partial charge in [0.15, 0.2) is 0 Å². The number of hydrogen-bond acceptors (Lipinski definition) is 3. The number of aliphatic hydroxyl groups is 1. The van der Waals surface area contributed by atoms with Crippen LogP contribution in [0.1, 0.15) is 0 Å². The van der Waals surface area contributed by atoms with Crippen LogP contribution in [0.15, 0.2) is 0 Å². The topological polar surface area (TPSA) is 35.5 Å². The molecule has 0 unspecified atom stereocenters. The Morgan fingerprint density at radius 1 is 1.30 bits per heavy atom. The van der Waals surface area contributed by atoms with Crippen molar-refractivity contribution in [3.63, 3.8) is 0 Å². The summed E-state index contributed by atoms with van der Waals surface area (Å²) in [6.45, 7) is 5.43. The summed E-state index contributed by atoms with van der Waals surface area (Å²) in [7, 11) is 0. The van der Waals surface area contributed by atoms with E-state index in [-0.39, 0.29) is 17.1 Å². The minimum Gasteiger partial charge on any atom is -0.395 e. The van der Waals surface area contributed by atoms with Gasteiger partial charge in [-0.25, -0.2) is 0 Å². The van der Waals surface area contributed by atoms with Gasteiger partial charge >= 0.3 is 0 Å². The first-order valence-electron chi connectivity index (χ1n) is 3.47. The maximum absolute atomic E-state index is 8.56. The maximum Gasteiger partial charge on any atom is 0.0558 e. The molecule has 1 fully saturated rings. The van der Waals surface area contributed by atoms with E-state index in [4.69, 9.17) is 5.11 Å². The second kappa shape index (κ2) is 6.13. The molecule has 0 aromatic rings. The van der Waals surface area contributed by atoms with E-state index in [1.807, 2.05) is 0 Å². The molecule has 1 rings (SSSR count). The molecule has 1 aliphatic rings. The van der Waals surface area contributed by atoms with Crippen LogP contribution in [-0.4, -0.2) is 49.3 Å². The Morgan fingerprint density at radius 3 is 2.40 bits per heavy atom. The zero-order valence-corrected chi connectivity index (χ0v) is 7.09. The van der Waals surface area contributed by atoms with Gasteiger partial charge in [0, 0.05) is 49.8 Å². The predicted octanol–water partition coefficient (Wildman–Crippen LogP) is -1.12. The van der Waals surface area contributed by atoms with E-state index in [9.17, 15) is 0 Å². The van der Waals surface area contributed by atoms with Crippen LogP contribution in [0.3, 0.4) is 0 Å². The van der Waals surface area contributed by atoms with E-state index in [0.717, 1.165) is 32.7 Å². The van der Waals surface area contributed by atoms with Crippen molar-refractivity contribution in [2.75, 3.05) is 39.3 Å². The molecule has 4 heteroatoms. The van der Waals surface area contributed by atoms with Crippen LogP contribution in [0.4, 0.5) is 0 Å². The number of β-amino-alcohol motifs (C(OH)–C–C–N with tert-alkyl or cyclic N) is 1. The molecule has 0 spiro atoms. The summed E-state index contributed by atoms with van der Waals surface area (Å²) in [6.07, 6.45) is 0. The first-order chi connectivity index (χ1) is 4.43. The molecule has 0 aliphatic carbocycles. The number of nitrogens with zero attached hydrogens (tertiary/aromatic N) is 1. The van der Waals surface area contributed by atoms with Crippen LogP contribution in [0.25, 0.3) is 0 Å². The summed E-state index contributed by atoms with van der Waals surface area (Å²) in [4.78, 5) is 2.26. The average Bonchev–Trinajstić information content (AvgIpc) is 1.91. The first kappa shape index (κ1) is 10.4. The second-order valence-corrected chi connectivity index (χ2v) is 2.32. The maximum atomic E-state index is 8.56. The Balaban J connectivity index is 0.000000810. The largest absolute Gasteiger partial charge is 0.395 e. The molecule has 62 valence electrons. The van der Waals surface area contributed by atoms with E-state index < -0.39 is 0 Å². The Kier molecular flexibility index (Phi) is 6.38. The molecule has 0 bridgehead atoms. The molecular weight excluding hydrogens is 172 g/mol. The molecule has 0 saturated carbocycles. The number of piperazine rings is 1. The third kappa shape index (κ3) is 3.54. The second-order valence-electron chi connectivity index (χ2n) is 2.32. The average molecular weight is 186 g/mol. The van der Waals surface area contributed by atoms with Gasteiger partial charge in [0.1, 0.15) is 0 Å². The Morgan fingerprint density at radius 2 is 1.90 bits per heavy atom. The van der Waals surface area contributed by atoms with Crippen LogP contribution < -0.4 is 5.32 Å². The minimum atomic E-state index is 0. The van der Waals surface area contributed by atoms with Crippen molar-refractivity contribution in [2.24, 2.45) is 0 Å². The molecule has 1 heterocycles. The van der Waals surface area contributed by atoms with Crippen molar-refractivity contribution < 1.29 is 22.2 Å². The molecule has 3 nitrogen and oxygen atoms in total. The van der Waals surface area contributed by atoms with Gasteiger partial charge in [0.25, 0.3) is 0 Å². The zero-order valence-electron chi connectivity index (χ0n) is 5.99. The van der Waals surface area contributed by atoms with Gasteiger partial charge in [0.05, 0.1) is 6.61 Å². The van der Waals surface area contributed by atoms with Crippen LogP contribution >= 0.6 is 0 Å². The number of nitrogens with one attached hydrogen (secondary N) is 1. The van der Waals surface area contributed by atoms with Gasteiger partial charge in [-0.1, -0.05) is 0 Å². The summed E-state index contributed by atoms with van der Waals surface area (Å²) >= 11 is 0. The molecule has 0 atom stereocenters.